The summed E-state index contributed by atoms with van der Waals surface area (Å²) in [7, 11) is 0. The van der Waals surface area contributed by atoms with Gasteiger partial charge in [-0.15, -0.1) is 0 Å². The number of hydrogen-bond donors (Lipinski definition) is 2. The first-order valence-electron chi connectivity index (χ1n) is 5.33. The monoisotopic (exact) mass is 243 g/mol. The van der Waals surface area contributed by atoms with Crippen molar-refractivity contribution in [1.82, 2.24) is 0 Å². The molecule has 0 aliphatic heterocycles. The summed E-state index contributed by atoms with van der Waals surface area (Å²) in [5.41, 5.74) is 7.17. The largest absolute Gasteiger partial charge is 0.481 e. The normalized spacial score (nSPS) is 12.7. The summed E-state index contributed by atoms with van der Waals surface area (Å²) >= 11 is 0. The van der Waals surface area contributed by atoms with Gasteiger partial charge in [-0.25, -0.2) is 8.78 Å². The molecule has 1 aromatic carbocycles. The van der Waals surface area contributed by atoms with E-state index in [-0.39, 0.29) is 12.8 Å². The molecule has 0 fully saturated rings. The second kappa shape index (κ2) is 6.30. The number of rotatable bonds is 6. The lowest BCUT2D eigenvalue weighted by molar-refractivity contribution is -0.137. The van der Waals surface area contributed by atoms with Crippen molar-refractivity contribution >= 4 is 5.97 Å². The van der Waals surface area contributed by atoms with E-state index in [0.717, 1.165) is 5.56 Å². The predicted octanol–water partition coefficient (Wildman–Crippen LogP) is 2.36. The highest BCUT2D eigenvalue weighted by Gasteiger charge is 2.10. The second-order valence-corrected chi connectivity index (χ2v) is 3.88. The number of alkyl halides is 2. The molecule has 0 radical (unpaired) electrons. The van der Waals surface area contributed by atoms with E-state index < -0.39 is 18.4 Å². The Morgan fingerprint density at radius 1 is 1.29 bits per heavy atom. The zero-order valence-corrected chi connectivity index (χ0v) is 9.27. The van der Waals surface area contributed by atoms with Gasteiger partial charge in [0.25, 0.3) is 0 Å². The minimum atomic E-state index is -2.30. The highest BCUT2D eigenvalue weighted by Crippen LogP contribution is 2.16. The average molecular weight is 243 g/mol. The van der Waals surface area contributed by atoms with Crippen LogP contribution in [-0.4, -0.2) is 17.5 Å². The van der Waals surface area contributed by atoms with Crippen LogP contribution in [0.5, 0.6) is 0 Å². The van der Waals surface area contributed by atoms with Gasteiger partial charge < -0.3 is 10.8 Å². The average Bonchev–Trinajstić information content (AvgIpc) is 2.26. The van der Waals surface area contributed by atoms with E-state index in [0.29, 0.717) is 12.0 Å². The van der Waals surface area contributed by atoms with Gasteiger partial charge in [-0.1, -0.05) is 24.3 Å². The maximum Gasteiger partial charge on any atom is 0.305 e. The van der Waals surface area contributed by atoms with Crippen molar-refractivity contribution in [3.05, 3.63) is 35.4 Å². The lowest BCUT2D eigenvalue weighted by Crippen LogP contribution is -2.14. The summed E-state index contributed by atoms with van der Waals surface area (Å²) in [4.78, 5) is 10.5. The topological polar surface area (TPSA) is 63.3 Å². The summed E-state index contributed by atoms with van der Waals surface area (Å²) < 4.78 is 24.0. The van der Waals surface area contributed by atoms with Crippen LogP contribution in [0.15, 0.2) is 24.3 Å². The van der Waals surface area contributed by atoms with Crippen LogP contribution in [-0.2, 0) is 11.2 Å². The summed E-state index contributed by atoms with van der Waals surface area (Å²) in [6.07, 6.45) is -2.30. The van der Waals surface area contributed by atoms with Gasteiger partial charge in [0.1, 0.15) is 0 Å². The summed E-state index contributed by atoms with van der Waals surface area (Å²) in [6, 6.07) is 6.23. The quantitative estimate of drug-likeness (QED) is 0.806. The van der Waals surface area contributed by atoms with Gasteiger partial charge in [0.2, 0.25) is 6.43 Å². The van der Waals surface area contributed by atoms with E-state index in [1.54, 1.807) is 24.3 Å². The minimum absolute atomic E-state index is 0.142. The first kappa shape index (κ1) is 13.6. The second-order valence-electron chi connectivity index (χ2n) is 3.88. The Morgan fingerprint density at radius 2 is 1.88 bits per heavy atom. The first-order valence-corrected chi connectivity index (χ1v) is 5.33. The Hall–Kier alpha value is -1.49. The van der Waals surface area contributed by atoms with Crippen LogP contribution in [0.4, 0.5) is 8.78 Å². The third-order valence-electron chi connectivity index (χ3n) is 2.45. The maximum absolute atomic E-state index is 12.0. The molecular weight excluding hydrogens is 228 g/mol. The summed E-state index contributed by atoms with van der Waals surface area (Å²) in [6.45, 7) is 0. The lowest BCUT2D eigenvalue weighted by Gasteiger charge is -2.10. The van der Waals surface area contributed by atoms with Crippen LogP contribution < -0.4 is 5.73 Å². The van der Waals surface area contributed by atoms with E-state index in [1.165, 1.54) is 0 Å². The molecule has 1 aromatic rings. The molecule has 0 aliphatic carbocycles. The molecule has 0 spiro atoms. The number of carboxylic acid groups (broad SMARTS) is 1. The number of carboxylic acids is 1. The van der Waals surface area contributed by atoms with Crippen LogP contribution >= 0.6 is 0 Å². The molecular formula is C12H15F2NO2. The molecule has 0 aliphatic rings. The zero-order valence-electron chi connectivity index (χ0n) is 9.27. The molecule has 0 aromatic heterocycles. The fourth-order valence-corrected chi connectivity index (χ4v) is 1.51. The van der Waals surface area contributed by atoms with Gasteiger partial charge in [0.05, 0.1) is 6.42 Å². The molecule has 5 heteroatoms. The Kier molecular flexibility index (Phi) is 5.03. The highest BCUT2D eigenvalue weighted by atomic mass is 19.3. The van der Waals surface area contributed by atoms with Crippen LogP contribution in [0.1, 0.15) is 30.0 Å². The van der Waals surface area contributed by atoms with Gasteiger partial charge in [0, 0.05) is 12.5 Å². The van der Waals surface area contributed by atoms with Gasteiger partial charge in [0.15, 0.2) is 0 Å². The van der Waals surface area contributed by atoms with Crippen molar-refractivity contribution in [1.29, 1.82) is 0 Å². The van der Waals surface area contributed by atoms with Crippen molar-refractivity contribution in [2.24, 2.45) is 5.73 Å². The van der Waals surface area contributed by atoms with Crippen molar-refractivity contribution in [2.75, 3.05) is 0 Å². The molecule has 3 nitrogen and oxygen atoms in total. The molecule has 0 amide bonds. The standard InChI is InChI=1S/C12H15F2NO2/c13-11(14)6-3-8-1-4-9(5-2-8)10(15)7-12(16)17/h1-2,4-5,10-11H,3,6-7,15H2,(H,16,17). The Bertz CT molecular complexity index is 365. The van der Waals surface area contributed by atoms with E-state index in [2.05, 4.69) is 0 Å². The number of aryl methyl sites for hydroxylation is 1. The van der Waals surface area contributed by atoms with Crippen LogP contribution in [0.3, 0.4) is 0 Å². The number of aliphatic carboxylic acids is 1. The van der Waals surface area contributed by atoms with Gasteiger partial charge >= 0.3 is 5.97 Å². The molecule has 17 heavy (non-hydrogen) atoms. The van der Waals surface area contributed by atoms with E-state index in [9.17, 15) is 13.6 Å². The number of halogens is 2. The number of nitrogens with two attached hydrogens (primary N) is 1. The van der Waals surface area contributed by atoms with Crippen LogP contribution in [0.25, 0.3) is 0 Å². The Labute approximate surface area is 98.2 Å². The van der Waals surface area contributed by atoms with Crippen LogP contribution in [0, 0.1) is 0 Å². The van der Waals surface area contributed by atoms with E-state index >= 15 is 0 Å². The lowest BCUT2D eigenvalue weighted by atomic mass is 10.0. The zero-order chi connectivity index (χ0) is 12.8. The van der Waals surface area contributed by atoms with Gasteiger partial charge in [-0.2, -0.15) is 0 Å². The molecule has 1 atom stereocenters. The molecule has 1 unspecified atom stereocenters. The summed E-state index contributed by atoms with van der Waals surface area (Å²) in [5.74, 6) is -0.959. The molecule has 3 N–H and O–H groups in total. The molecule has 1 rings (SSSR count). The third-order valence-corrected chi connectivity index (χ3v) is 2.45. The molecule has 0 heterocycles. The number of carbonyl (C=O) groups is 1. The smallest absolute Gasteiger partial charge is 0.305 e. The van der Waals surface area contributed by atoms with Crippen LogP contribution in [0.2, 0.25) is 0 Å². The fourth-order valence-electron chi connectivity index (χ4n) is 1.51. The Balaban J connectivity index is 2.58. The molecule has 0 bridgehead atoms. The van der Waals surface area contributed by atoms with Crippen molar-refractivity contribution in [3.63, 3.8) is 0 Å². The number of benzene rings is 1. The predicted molar refractivity (Wildman–Crippen MR) is 59.9 cm³/mol. The van der Waals surface area contributed by atoms with E-state index in [4.69, 9.17) is 10.8 Å². The molecule has 94 valence electrons. The van der Waals surface area contributed by atoms with Crippen molar-refractivity contribution in [2.45, 2.75) is 31.7 Å². The van der Waals surface area contributed by atoms with E-state index in [1.807, 2.05) is 0 Å². The number of hydrogen-bond acceptors (Lipinski definition) is 2. The fraction of sp³-hybridized carbons (Fsp3) is 0.417. The Morgan fingerprint density at radius 3 is 2.35 bits per heavy atom. The SMILES string of the molecule is NC(CC(=O)O)c1ccc(CCC(F)F)cc1. The maximum atomic E-state index is 12.0. The van der Waals surface area contributed by atoms with Gasteiger partial charge in [-0.3, -0.25) is 4.79 Å². The molecule has 0 saturated carbocycles. The van der Waals surface area contributed by atoms with Gasteiger partial charge in [-0.05, 0) is 17.5 Å². The minimum Gasteiger partial charge on any atom is -0.481 e. The first-order chi connectivity index (χ1) is 7.99. The summed E-state index contributed by atoms with van der Waals surface area (Å²) in [5, 5.41) is 8.58. The van der Waals surface area contributed by atoms with Crippen molar-refractivity contribution < 1.29 is 18.7 Å². The highest BCUT2D eigenvalue weighted by molar-refractivity contribution is 5.67. The molecule has 0 saturated heterocycles. The third kappa shape index (κ3) is 4.91. The van der Waals surface area contributed by atoms with Crippen molar-refractivity contribution in [3.8, 4) is 0 Å².